The molecule has 0 spiro atoms. The maximum absolute atomic E-state index is 11.8. The maximum Gasteiger partial charge on any atom is 0.337 e. The third-order valence-electron chi connectivity index (χ3n) is 3.29. The molecule has 3 rings (SSSR count). The Morgan fingerprint density at radius 1 is 1.38 bits per heavy atom. The van der Waals surface area contributed by atoms with Crippen molar-refractivity contribution in [3.8, 4) is 0 Å². The van der Waals surface area contributed by atoms with Crippen molar-refractivity contribution in [2.24, 2.45) is 13.0 Å². The molecular formula is C12H13IN2O. The van der Waals surface area contributed by atoms with Crippen LogP contribution in [-0.2, 0) is 13.5 Å². The summed E-state index contributed by atoms with van der Waals surface area (Å²) in [6, 6.07) is 6.36. The summed E-state index contributed by atoms with van der Waals surface area (Å²) in [5.41, 5.74) is 3.44. The Hall–Kier alpha value is -0.780. The third kappa shape index (κ3) is 1.59. The standard InChI is InChI=1S/C12H13IN2O/c1-14-11-7-9(6-8-2-3-8)4-5-10(11)15(13)12(14)16/h4-5,7-8H,2-3,6H2,1H3. The van der Waals surface area contributed by atoms with E-state index in [-0.39, 0.29) is 5.69 Å². The number of benzene rings is 1. The average Bonchev–Trinajstić information content (AvgIpc) is 3.06. The van der Waals surface area contributed by atoms with E-state index in [9.17, 15) is 4.79 Å². The van der Waals surface area contributed by atoms with Gasteiger partial charge in [-0.1, -0.05) is 6.07 Å². The van der Waals surface area contributed by atoms with Crippen LogP contribution in [-0.4, -0.2) is 7.35 Å². The molecule has 0 radical (unpaired) electrons. The van der Waals surface area contributed by atoms with Gasteiger partial charge >= 0.3 is 5.69 Å². The Morgan fingerprint density at radius 2 is 2.12 bits per heavy atom. The van der Waals surface area contributed by atoms with Gasteiger partial charge in [0.15, 0.2) is 0 Å². The van der Waals surface area contributed by atoms with E-state index in [1.807, 2.05) is 7.05 Å². The topological polar surface area (TPSA) is 26.9 Å². The fraction of sp³-hybridized carbons (Fsp3) is 0.417. The van der Waals surface area contributed by atoms with Crippen molar-refractivity contribution in [2.45, 2.75) is 19.3 Å². The number of halogens is 1. The van der Waals surface area contributed by atoms with Gasteiger partial charge in [0.05, 0.1) is 33.9 Å². The van der Waals surface area contributed by atoms with E-state index >= 15 is 0 Å². The van der Waals surface area contributed by atoms with Crippen molar-refractivity contribution in [2.75, 3.05) is 0 Å². The number of fused-ring (bicyclic) bond motifs is 1. The number of rotatable bonds is 2. The van der Waals surface area contributed by atoms with E-state index < -0.39 is 0 Å². The molecule has 4 heteroatoms. The number of aromatic nitrogens is 2. The number of hydrogen-bond donors (Lipinski definition) is 0. The van der Waals surface area contributed by atoms with Gasteiger partial charge in [-0.3, -0.25) is 4.57 Å². The van der Waals surface area contributed by atoms with Crippen LogP contribution in [0, 0.1) is 5.92 Å². The lowest BCUT2D eigenvalue weighted by atomic mass is 10.1. The quantitative estimate of drug-likeness (QED) is 0.778. The van der Waals surface area contributed by atoms with Crippen molar-refractivity contribution in [1.29, 1.82) is 0 Å². The van der Waals surface area contributed by atoms with Crippen molar-refractivity contribution in [3.05, 3.63) is 34.2 Å². The zero-order valence-electron chi connectivity index (χ0n) is 9.11. The molecule has 0 saturated heterocycles. The largest absolute Gasteiger partial charge is 0.337 e. The first-order valence-corrected chi connectivity index (χ1v) is 6.50. The van der Waals surface area contributed by atoms with Gasteiger partial charge in [-0.2, -0.15) is 0 Å². The molecule has 0 atom stereocenters. The predicted octanol–water partition coefficient (Wildman–Crippen LogP) is 2.49. The first-order valence-electron chi connectivity index (χ1n) is 5.53. The maximum atomic E-state index is 11.8. The van der Waals surface area contributed by atoms with E-state index in [2.05, 4.69) is 41.1 Å². The highest BCUT2D eigenvalue weighted by Crippen LogP contribution is 2.33. The van der Waals surface area contributed by atoms with Crippen molar-refractivity contribution < 1.29 is 0 Å². The number of imidazole rings is 1. The molecule has 1 aliphatic rings. The molecule has 1 aromatic carbocycles. The van der Waals surface area contributed by atoms with E-state index in [4.69, 9.17) is 0 Å². The summed E-state index contributed by atoms with van der Waals surface area (Å²) >= 11 is 2.06. The van der Waals surface area contributed by atoms with Gasteiger partial charge in [0.2, 0.25) is 0 Å². The third-order valence-corrected chi connectivity index (χ3v) is 4.22. The first kappa shape index (κ1) is 10.4. The smallest absolute Gasteiger partial charge is 0.294 e. The minimum Gasteiger partial charge on any atom is -0.294 e. The van der Waals surface area contributed by atoms with Gasteiger partial charge in [0, 0.05) is 7.05 Å². The Bertz CT molecular complexity index is 607. The Kier molecular flexibility index (Phi) is 2.34. The fourth-order valence-corrected chi connectivity index (χ4v) is 2.86. The SMILES string of the molecule is Cn1c(=O)n(I)c2ccc(CC3CC3)cc21. The highest BCUT2D eigenvalue weighted by molar-refractivity contribution is 14.1. The van der Waals surface area contributed by atoms with Crippen molar-refractivity contribution in [3.63, 3.8) is 0 Å². The van der Waals surface area contributed by atoms with Gasteiger partial charge in [-0.05, 0) is 42.9 Å². The highest BCUT2D eigenvalue weighted by atomic mass is 127. The molecule has 1 heterocycles. The van der Waals surface area contributed by atoms with Crippen molar-refractivity contribution >= 4 is 33.9 Å². The lowest BCUT2D eigenvalue weighted by Crippen LogP contribution is -2.16. The molecule has 0 aliphatic heterocycles. The van der Waals surface area contributed by atoms with Gasteiger partial charge in [0.25, 0.3) is 0 Å². The molecule has 1 aromatic heterocycles. The molecule has 0 bridgehead atoms. The number of hydrogen-bond acceptors (Lipinski definition) is 1. The van der Waals surface area contributed by atoms with Gasteiger partial charge in [-0.15, -0.1) is 0 Å². The van der Waals surface area contributed by atoms with Crippen LogP contribution in [0.15, 0.2) is 23.0 Å². The van der Waals surface area contributed by atoms with Gasteiger partial charge in [0.1, 0.15) is 0 Å². The predicted molar refractivity (Wildman–Crippen MR) is 73.0 cm³/mol. The van der Waals surface area contributed by atoms with Gasteiger partial charge < -0.3 is 0 Å². The van der Waals surface area contributed by atoms with Crippen LogP contribution in [0.25, 0.3) is 11.0 Å². The summed E-state index contributed by atoms with van der Waals surface area (Å²) in [5.74, 6) is 0.885. The van der Waals surface area contributed by atoms with Crippen LogP contribution in [0.5, 0.6) is 0 Å². The van der Waals surface area contributed by atoms with E-state index in [0.717, 1.165) is 23.4 Å². The minimum absolute atomic E-state index is 0.0409. The summed E-state index contributed by atoms with van der Waals surface area (Å²) in [4.78, 5) is 11.8. The molecule has 1 fully saturated rings. The molecule has 2 aromatic rings. The Balaban J connectivity index is 2.15. The van der Waals surface area contributed by atoms with Gasteiger partial charge in [-0.25, -0.2) is 7.58 Å². The second-order valence-corrected chi connectivity index (χ2v) is 5.56. The lowest BCUT2D eigenvalue weighted by molar-refractivity contribution is 0.831. The van der Waals surface area contributed by atoms with Crippen LogP contribution in [0.1, 0.15) is 18.4 Å². The van der Waals surface area contributed by atoms with E-state index in [1.54, 1.807) is 7.35 Å². The molecular weight excluding hydrogens is 315 g/mol. The van der Waals surface area contributed by atoms with Crippen LogP contribution >= 0.6 is 22.9 Å². The molecule has 1 aliphatic carbocycles. The van der Waals surface area contributed by atoms with E-state index in [0.29, 0.717) is 0 Å². The summed E-state index contributed by atoms with van der Waals surface area (Å²) in [7, 11) is 1.83. The number of nitrogens with zero attached hydrogens (tertiary/aromatic N) is 2. The lowest BCUT2D eigenvalue weighted by Gasteiger charge is -2.00. The summed E-state index contributed by atoms with van der Waals surface area (Å²) in [6.45, 7) is 0. The molecule has 0 N–H and O–H groups in total. The minimum atomic E-state index is 0.0409. The first-order chi connectivity index (χ1) is 7.66. The van der Waals surface area contributed by atoms with Crippen LogP contribution < -0.4 is 5.69 Å². The second-order valence-electron chi connectivity index (χ2n) is 4.59. The number of aryl methyl sites for hydroxylation is 1. The molecule has 3 nitrogen and oxygen atoms in total. The molecule has 1 saturated carbocycles. The van der Waals surface area contributed by atoms with Crippen LogP contribution in [0.4, 0.5) is 0 Å². The Morgan fingerprint density at radius 3 is 2.81 bits per heavy atom. The summed E-state index contributed by atoms with van der Waals surface area (Å²) in [6.07, 6.45) is 3.89. The highest BCUT2D eigenvalue weighted by Gasteiger charge is 2.21. The zero-order chi connectivity index (χ0) is 11.3. The van der Waals surface area contributed by atoms with Crippen LogP contribution in [0.2, 0.25) is 0 Å². The molecule has 16 heavy (non-hydrogen) atoms. The van der Waals surface area contributed by atoms with Crippen molar-refractivity contribution in [1.82, 2.24) is 7.35 Å². The Labute approximate surface area is 108 Å². The summed E-state index contributed by atoms with van der Waals surface area (Å²) < 4.78 is 3.40. The average molecular weight is 328 g/mol. The fourth-order valence-electron chi connectivity index (χ4n) is 2.12. The zero-order valence-corrected chi connectivity index (χ0v) is 11.3. The molecule has 0 amide bonds. The van der Waals surface area contributed by atoms with Crippen LogP contribution in [0.3, 0.4) is 0 Å². The monoisotopic (exact) mass is 328 g/mol. The second kappa shape index (κ2) is 3.61. The van der Waals surface area contributed by atoms with E-state index in [1.165, 1.54) is 18.4 Å². The normalized spacial score (nSPS) is 15.9. The molecule has 84 valence electrons. The molecule has 0 unspecified atom stereocenters. The summed E-state index contributed by atoms with van der Waals surface area (Å²) in [5, 5.41) is 0.